The highest BCUT2D eigenvalue weighted by Crippen LogP contribution is 2.34. The molecule has 4 aromatic rings. The predicted octanol–water partition coefficient (Wildman–Crippen LogP) is 6.48. The molecule has 2 aromatic carbocycles. The first-order chi connectivity index (χ1) is 16.0. The zero-order valence-corrected chi connectivity index (χ0v) is 21.0. The van der Waals surface area contributed by atoms with Crippen molar-refractivity contribution in [3.8, 4) is 0 Å². The number of hydrogen-bond acceptors (Lipinski definition) is 5. The van der Waals surface area contributed by atoms with E-state index >= 15 is 0 Å². The van der Waals surface area contributed by atoms with Crippen LogP contribution in [0.15, 0.2) is 65.7 Å². The standard InChI is InChI=1S/C22H17Cl2F3N4O2S.ClH/c1-28-11-13-12-31(34(32,33)16-4-2-3-14(9-16)22(25,26)27)19-10-15(5-6-17(13)19)29-18-7-8-20(23)30-21(18)24;/h2-10,12,28-29H,11H2,1H3;1H. The molecule has 0 atom stereocenters. The van der Waals surface area contributed by atoms with Gasteiger partial charge in [-0.1, -0.05) is 35.3 Å². The predicted molar refractivity (Wildman–Crippen MR) is 134 cm³/mol. The SMILES string of the molecule is CNCc1cn(S(=O)(=O)c2cccc(C(F)(F)F)c2)c2cc(Nc3ccc(Cl)nc3Cl)ccc12.Cl. The summed E-state index contributed by atoms with van der Waals surface area (Å²) >= 11 is 11.9. The van der Waals surface area contributed by atoms with Gasteiger partial charge in [-0.2, -0.15) is 13.2 Å². The van der Waals surface area contributed by atoms with Gasteiger partial charge in [-0.05, 0) is 55.1 Å². The van der Waals surface area contributed by atoms with Gasteiger partial charge in [0.05, 0.1) is 21.7 Å². The van der Waals surface area contributed by atoms with E-state index in [-0.39, 0.29) is 28.2 Å². The Hall–Kier alpha value is -2.50. The van der Waals surface area contributed by atoms with Crippen LogP contribution in [-0.2, 0) is 22.7 Å². The Morgan fingerprint density at radius 2 is 1.80 bits per heavy atom. The van der Waals surface area contributed by atoms with Crippen molar-refractivity contribution in [2.45, 2.75) is 17.6 Å². The Balaban J connectivity index is 0.00000342. The summed E-state index contributed by atoms with van der Waals surface area (Å²) in [6, 6.07) is 11.8. The highest BCUT2D eigenvalue weighted by molar-refractivity contribution is 7.90. The molecular weight excluding hydrogens is 548 g/mol. The lowest BCUT2D eigenvalue weighted by atomic mass is 10.1. The van der Waals surface area contributed by atoms with Gasteiger partial charge in [0.1, 0.15) is 5.15 Å². The van der Waals surface area contributed by atoms with Gasteiger partial charge >= 0.3 is 6.18 Å². The lowest BCUT2D eigenvalue weighted by molar-refractivity contribution is -0.137. The summed E-state index contributed by atoms with van der Waals surface area (Å²) in [4.78, 5) is 3.48. The molecule has 2 aromatic heterocycles. The Morgan fingerprint density at radius 1 is 1.06 bits per heavy atom. The maximum Gasteiger partial charge on any atom is 0.416 e. The number of aromatic nitrogens is 2. The monoisotopic (exact) mass is 564 g/mol. The molecule has 0 aliphatic carbocycles. The van der Waals surface area contributed by atoms with Crippen LogP contribution in [0.2, 0.25) is 10.3 Å². The van der Waals surface area contributed by atoms with Crippen molar-refractivity contribution in [1.29, 1.82) is 0 Å². The fourth-order valence-corrected chi connectivity index (χ4v) is 5.30. The molecule has 13 heteroatoms. The van der Waals surface area contributed by atoms with E-state index in [4.69, 9.17) is 23.2 Å². The number of benzene rings is 2. The Kier molecular flexibility index (Phi) is 7.93. The van der Waals surface area contributed by atoms with Gasteiger partial charge in [0, 0.05) is 23.8 Å². The number of anilines is 2. The highest BCUT2D eigenvalue weighted by Gasteiger charge is 2.32. The van der Waals surface area contributed by atoms with Gasteiger partial charge in [-0.25, -0.2) is 17.4 Å². The van der Waals surface area contributed by atoms with Crippen LogP contribution in [0.1, 0.15) is 11.1 Å². The normalized spacial score (nSPS) is 11.9. The van der Waals surface area contributed by atoms with Crippen LogP contribution in [0.4, 0.5) is 24.5 Å². The van der Waals surface area contributed by atoms with E-state index in [1.54, 1.807) is 37.4 Å². The van der Waals surface area contributed by atoms with Crippen molar-refractivity contribution >= 4 is 67.9 Å². The van der Waals surface area contributed by atoms with Crippen LogP contribution in [0.5, 0.6) is 0 Å². The molecule has 0 saturated heterocycles. The van der Waals surface area contributed by atoms with Crippen molar-refractivity contribution < 1.29 is 21.6 Å². The van der Waals surface area contributed by atoms with E-state index in [0.717, 1.165) is 22.2 Å². The second-order valence-corrected chi connectivity index (χ2v) is 9.90. The number of nitrogens with zero attached hydrogens (tertiary/aromatic N) is 2. The smallest absolute Gasteiger partial charge is 0.353 e. The molecule has 0 amide bonds. The van der Waals surface area contributed by atoms with Crippen molar-refractivity contribution in [3.63, 3.8) is 0 Å². The summed E-state index contributed by atoms with van der Waals surface area (Å²) in [6.07, 6.45) is -3.28. The van der Waals surface area contributed by atoms with Crippen molar-refractivity contribution in [2.75, 3.05) is 12.4 Å². The van der Waals surface area contributed by atoms with Crippen LogP contribution < -0.4 is 10.6 Å². The van der Waals surface area contributed by atoms with Crippen LogP contribution in [0.25, 0.3) is 10.9 Å². The van der Waals surface area contributed by atoms with Gasteiger partial charge in [0.2, 0.25) is 0 Å². The number of alkyl halides is 3. The van der Waals surface area contributed by atoms with Crippen molar-refractivity contribution in [3.05, 3.63) is 82.2 Å². The van der Waals surface area contributed by atoms with Crippen molar-refractivity contribution in [2.24, 2.45) is 0 Å². The van der Waals surface area contributed by atoms with Crippen LogP contribution in [0, 0.1) is 0 Å². The zero-order valence-electron chi connectivity index (χ0n) is 17.9. The molecule has 0 aliphatic heterocycles. The first kappa shape index (κ1) is 27.1. The maximum atomic E-state index is 13.4. The minimum absolute atomic E-state index is 0. The second-order valence-electron chi connectivity index (χ2n) is 7.34. The lowest BCUT2D eigenvalue weighted by Gasteiger charge is -2.12. The van der Waals surface area contributed by atoms with E-state index in [1.165, 1.54) is 6.20 Å². The molecule has 4 rings (SSSR count). The topological polar surface area (TPSA) is 76.0 Å². The fourth-order valence-electron chi connectivity index (χ4n) is 3.48. The number of fused-ring (bicyclic) bond motifs is 1. The van der Waals surface area contributed by atoms with Gasteiger partial charge in [-0.15, -0.1) is 12.4 Å². The fraction of sp³-hybridized carbons (Fsp3) is 0.136. The van der Waals surface area contributed by atoms with Gasteiger partial charge in [0.15, 0.2) is 5.15 Å². The number of rotatable bonds is 6. The highest BCUT2D eigenvalue weighted by atomic mass is 35.5. The van der Waals surface area contributed by atoms with Crippen LogP contribution in [-0.4, -0.2) is 24.4 Å². The zero-order chi connectivity index (χ0) is 24.7. The quantitative estimate of drug-likeness (QED) is 0.262. The van der Waals surface area contributed by atoms with Crippen LogP contribution >= 0.6 is 35.6 Å². The molecule has 35 heavy (non-hydrogen) atoms. The molecule has 2 heterocycles. The minimum atomic E-state index is -4.68. The van der Waals surface area contributed by atoms with E-state index in [2.05, 4.69) is 15.6 Å². The first-order valence-electron chi connectivity index (χ1n) is 9.81. The third-order valence-electron chi connectivity index (χ3n) is 5.03. The molecular formula is C22H18Cl3F3N4O2S. The van der Waals surface area contributed by atoms with E-state index in [0.29, 0.717) is 34.9 Å². The summed E-state index contributed by atoms with van der Waals surface area (Å²) < 4.78 is 67.4. The lowest BCUT2D eigenvalue weighted by Crippen LogP contribution is -2.14. The molecule has 186 valence electrons. The summed E-state index contributed by atoms with van der Waals surface area (Å²) in [5, 5.41) is 6.97. The number of pyridine rings is 1. The molecule has 6 nitrogen and oxygen atoms in total. The molecule has 0 saturated carbocycles. The Labute approximate surface area is 215 Å². The van der Waals surface area contributed by atoms with E-state index in [9.17, 15) is 21.6 Å². The molecule has 0 spiro atoms. The van der Waals surface area contributed by atoms with E-state index < -0.39 is 26.7 Å². The van der Waals surface area contributed by atoms with Gasteiger partial charge < -0.3 is 10.6 Å². The number of nitrogens with one attached hydrogen (secondary N) is 2. The molecule has 2 N–H and O–H groups in total. The summed E-state index contributed by atoms with van der Waals surface area (Å²) in [6.45, 7) is 0.349. The molecule has 0 radical (unpaired) electrons. The molecule has 0 fully saturated rings. The third-order valence-corrected chi connectivity index (χ3v) is 7.20. The average molecular weight is 566 g/mol. The molecule has 0 aliphatic rings. The number of hydrogen-bond donors (Lipinski definition) is 2. The van der Waals surface area contributed by atoms with Crippen LogP contribution in [0.3, 0.4) is 0 Å². The molecule has 0 bridgehead atoms. The minimum Gasteiger partial charge on any atom is -0.353 e. The summed E-state index contributed by atoms with van der Waals surface area (Å²) in [5.41, 5.74) is 0.831. The van der Waals surface area contributed by atoms with Gasteiger partial charge in [-0.3, -0.25) is 0 Å². The van der Waals surface area contributed by atoms with E-state index in [1.807, 2.05) is 0 Å². The van der Waals surface area contributed by atoms with Crippen molar-refractivity contribution in [1.82, 2.24) is 14.3 Å². The summed E-state index contributed by atoms with van der Waals surface area (Å²) in [5.74, 6) is 0. The largest absolute Gasteiger partial charge is 0.416 e. The maximum absolute atomic E-state index is 13.4. The molecule has 0 unspecified atom stereocenters. The number of halogens is 6. The Morgan fingerprint density at radius 3 is 2.46 bits per heavy atom. The third kappa shape index (κ3) is 5.52. The summed E-state index contributed by atoms with van der Waals surface area (Å²) in [7, 11) is -2.64. The first-order valence-corrected chi connectivity index (χ1v) is 12.0. The Bertz CT molecular complexity index is 1490. The second kappa shape index (κ2) is 10.2. The average Bonchev–Trinajstić information content (AvgIpc) is 3.14. The van der Waals surface area contributed by atoms with Gasteiger partial charge in [0.25, 0.3) is 10.0 Å².